The Kier molecular flexibility index (Phi) is 4.72. The Balaban J connectivity index is 2.85. The average Bonchev–Trinajstić information content (AvgIpc) is 2.28. The van der Waals surface area contributed by atoms with Gasteiger partial charge in [0.05, 0.1) is 12.7 Å². The quantitative estimate of drug-likeness (QED) is 0.622. The molecule has 0 aliphatic heterocycles. The van der Waals surface area contributed by atoms with Crippen LogP contribution in [0.5, 0.6) is 0 Å². The molecule has 0 unspecified atom stereocenters. The van der Waals surface area contributed by atoms with Gasteiger partial charge in [0.25, 0.3) is 5.91 Å². The lowest BCUT2D eigenvalue weighted by Gasteiger charge is -2.15. The van der Waals surface area contributed by atoms with Crippen LogP contribution < -0.4 is 0 Å². The van der Waals surface area contributed by atoms with Crippen molar-refractivity contribution in [1.29, 1.82) is 0 Å². The van der Waals surface area contributed by atoms with Crippen molar-refractivity contribution in [2.45, 2.75) is 0 Å². The summed E-state index contributed by atoms with van der Waals surface area (Å²) in [6, 6.07) is 2.90. The predicted molar refractivity (Wildman–Crippen MR) is 63.2 cm³/mol. The van der Waals surface area contributed by atoms with Crippen molar-refractivity contribution in [3.05, 3.63) is 28.0 Å². The molecule has 0 saturated carbocycles. The first-order valence-electron chi connectivity index (χ1n) is 4.60. The molecule has 7 heteroatoms. The zero-order chi connectivity index (χ0) is 13.0. The molecule has 1 amide bonds. The molecule has 0 radical (unpaired) electrons. The van der Waals surface area contributed by atoms with Crippen LogP contribution >= 0.6 is 23.2 Å². The van der Waals surface area contributed by atoms with Crippen LogP contribution in [0.3, 0.4) is 0 Å². The molecule has 0 aromatic carbocycles. The van der Waals surface area contributed by atoms with Crippen molar-refractivity contribution >= 4 is 35.1 Å². The topological polar surface area (TPSA) is 59.5 Å². The van der Waals surface area contributed by atoms with Gasteiger partial charge in [-0.3, -0.25) is 9.59 Å². The maximum Gasteiger partial charge on any atom is 0.325 e. The second kappa shape index (κ2) is 5.84. The summed E-state index contributed by atoms with van der Waals surface area (Å²) in [6.45, 7) is -0.158. The van der Waals surface area contributed by atoms with Crippen LogP contribution in [-0.4, -0.2) is 42.5 Å². The van der Waals surface area contributed by atoms with Crippen molar-refractivity contribution in [3.63, 3.8) is 0 Å². The van der Waals surface area contributed by atoms with Gasteiger partial charge < -0.3 is 9.64 Å². The van der Waals surface area contributed by atoms with Gasteiger partial charge in [-0.05, 0) is 12.1 Å². The van der Waals surface area contributed by atoms with Gasteiger partial charge >= 0.3 is 5.97 Å². The number of carbonyl (C=O) groups excluding carboxylic acids is 2. The highest BCUT2D eigenvalue weighted by Crippen LogP contribution is 2.17. The van der Waals surface area contributed by atoms with E-state index in [1.165, 1.54) is 31.2 Å². The van der Waals surface area contributed by atoms with Crippen LogP contribution in [0.4, 0.5) is 0 Å². The first-order chi connectivity index (χ1) is 7.95. The lowest BCUT2D eigenvalue weighted by Crippen LogP contribution is -2.32. The van der Waals surface area contributed by atoms with Crippen LogP contribution in [-0.2, 0) is 9.53 Å². The Morgan fingerprint density at radius 2 is 2.06 bits per heavy atom. The number of halogens is 2. The van der Waals surface area contributed by atoms with Gasteiger partial charge in [0.2, 0.25) is 0 Å². The summed E-state index contributed by atoms with van der Waals surface area (Å²) in [5, 5.41) is 0.196. The van der Waals surface area contributed by atoms with E-state index in [0.29, 0.717) is 0 Å². The molecule has 0 bridgehead atoms. The molecule has 1 rings (SSSR count). The van der Waals surface area contributed by atoms with E-state index in [9.17, 15) is 9.59 Å². The summed E-state index contributed by atoms with van der Waals surface area (Å²) in [4.78, 5) is 27.8. The third-order valence-corrected chi connectivity index (χ3v) is 2.48. The van der Waals surface area contributed by atoms with E-state index in [-0.39, 0.29) is 22.4 Å². The highest BCUT2D eigenvalue weighted by Gasteiger charge is 2.18. The molecule has 0 N–H and O–H groups in total. The standard InChI is InChI=1S/C10H10Cl2N2O3/c1-14(5-8(15)17-2)10(16)6-3-4-7(11)13-9(6)12/h3-4H,5H2,1-2H3. The molecule has 5 nitrogen and oxygen atoms in total. The minimum atomic E-state index is -0.515. The van der Waals surface area contributed by atoms with Crippen molar-refractivity contribution in [2.24, 2.45) is 0 Å². The fourth-order valence-electron chi connectivity index (χ4n) is 1.11. The van der Waals surface area contributed by atoms with E-state index in [1.54, 1.807) is 0 Å². The molecule has 0 aliphatic rings. The lowest BCUT2D eigenvalue weighted by molar-refractivity contribution is -0.141. The van der Waals surface area contributed by atoms with Crippen LogP contribution in [0.1, 0.15) is 10.4 Å². The number of nitrogens with zero attached hydrogens (tertiary/aromatic N) is 2. The molecule has 0 saturated heterocycles. The fraction of sp³-hybridized carbons (Fsp3) is 0.300. The first-order valence-corrected chi connectivity index (χ1v) is 5.35. The molecule has 1 heterocycles. The van der Waals surface area contributed by atoms with Crippen LogP contribution in [0, 0.1) is 0 Å². The number of hydrogen-bond donors (Lipinski definition) is 0. The zero-order valence-electron chi connectivity index (χ0n) is 9.24. The minimum Gasteiger partial charge on any atom is -0.468 e. The normalized spacial score (nSPS) is 9.88. The Hall–Kier alpha value is -1.33. The molecule has 0 spiro atoms. The number of aromatic nitrogens is 1. The molecule has 1 aromatic rings. The monoisotopic (exact) mass is 276 g/mol. The SMILES string of the molecule is COC(=O)CN(C)C(=O)c1ccc(Cl)nc1Cl. The van der Waals surface area contributed by atoms with Gasteiger partial charge in [-0.1, -0.05) is 23.2 Å². The van der Waals surface area contributed by atoms with Crippen molar-refractivity contribution < 1.29 is 14.3 Å². The largest absolute Gasteiger partial charge is 0.468 e. The van der Waals surface area contributed by atoms with Gasteiger partial charge in [-0.25, -0.2) is 4.98 Å². The van der Waals surface area contributed by atoms with E-state index in [2.05, 4.69) is 9.72 Å². The minimum absolute atomic E-state index is 0.000726. The number of likely N-dealkylation sites (N-methyl/N-ethyl adjacent to an activating group) is 1. The van der Waals surface area contributed by atoms with E-state index < -0.39 is 11.9 Å². The second-order valence-corrected chi connectivity index (χ2v) is 3.95. The Morgan fingerprint density at radius 1 is 1.41 bits per heavy atom. The van der Waals surface area contributed by atoms with E-state index >= 15 is 0 Å². The lowest BCUT2D eigenvalue weighted by atomic mass is 10.2. The van der Waals surface area contributed by atoms with Crippen LogP contribution in [0.15, 0.2) is 12.1 Å². The van der Waals surface area contributed by atoms with E-state index in [1.807, 2.05) is 0 Å². The number of rotatable bonds is 3. The third kappa shape index (κ3) is 3.57. The van der Waals surface area contributed by atoms with E-state index in [0.717, 1.165) is 0 Å². The number of methoxy groups -OCH3 is 1. The molecular formula is C10H10Cl2N2O3. The van der Waals surface area contributed by atoms with Gasteiger partial charge in [0.15, 0.2) is 0 Å². The third-order valence-electron chi connectivity index (χ3n) is 1.99. The first kappa shape index (κ1) is 13.7. The summed E-state index contributed by atoms with van der Waals surface area (Å²) in [6.07, 6.45) is 0. The summed E-state index contributed by atoms with van der Waals surface area (Å²) >= 11 is 11.4. The van der Waals surface area contributed by atoms with Gasteiger partial charge in [0.1, 0.15) is 16.9 Å². The summed E-state index contributed by atoms with van der Waals surface area (Å²) in [5.74, 6) is -0.941. The van der Waals surface area contributed by atoms with Gasteiger partial charge in [0, 0.05) is 7.05 Å². The van der Waals surface area contributed by atoms with Crippen LogP contribution in [0.2, 0.25) is 10.3 Å². The summed E-state index contributed by atoms with van der Waals surface area (Å²) in [5.41, 5.74) is 0.183. The molecule has 0 aliphatic carbocycles. The number of ether oxygens (including phenoxy) is 1. The molecule has 1 aromatic heterocycles. The number of carbonyl (C=O) groups is 2. The van der Waals surface area contributed by atoms with Crippen molar-refractivity contribution in [2.75, 3.05) is 20.7 Å². The maximum absolute atomic E-state index is 11.9. The summed E-state index contributed by atoms with van der Waals surface area (Å²) < 4.78 is 4.45. The smallest absolute Gasteiger partial charge is 0.325 e. The summed E-state index contributed by atoms with van der Waals surface area (Å²) in [7, 11) is 2.71. The predicted octanol–water partition coefficient (Wildman–Crippen LogP) is 1.63. The number of hydrogen-bond acceptors (Lipinski definition) is 4. The Morgan fingerprint density at radius 3 is 2.59 bits per heavy atom. The van der Waals surface area contributed by atoms with Gasteiger partial charge in [-0.2, -0.15) is 0 Å². The molecular weight excluding hydrogens is 267 g/mol. The fourth-order valence-corrected chi connectivity index (χ4v) is 1.53. The highest BCUT2D eigenvalue weighted by molar-refractivity contribution is 6.34. The molecule has 92 valence electrons. The van der Waals surface area contributed by atoms with Gasteiger partial charge in [-0.15, -0.1) is 0 Å². The second-order valence-electron chi connectivity index (χ2n) is 3.21. The van der Waals surface area contributed by atoms with E-state index in [4.69, 9.17) is 23.2 Å². The molecule has 17 heavy (non-hydrogen) atoms. The zero-order valence-corrected chi connectivity index (χ0v) is 10.7. The average molecular weight is 277 g/mol. The van der Waals surface area contributed by atoms with Crippen molar-refractivity contribution in [1.82, 2.24) is 9.88 Å². The number of amides is 1. The number of pyridine rings is 1. The maximum atomic E-state index is 11.9. The molecule has 0 fully saturated rings. The number of esters is 1. The Bertz CT molecular complexity index is 451. The van der Waals surface area contributed by atoms with Crippen molar-refractivity contribution in [3.8, 4) is 0 Å². The molecule has 0 atom stereocenters. The highest BCUT2D eigenvalue weighted by atomic mass is 35.5. The van der Waals surface area contributed by atoms with Crippen LogP contribution in [0.25, 0.3) is 0 Å². The Labute approximate surface area is 108 Å².